The summed E-state index contributed by atoms with van der Waals surface area (Å²) in [6.07, 6.45) is 4.36. The summed E-state index contributed by atoms with van der Waals surface area (Å²) in [4.78, 5) is 56.5. The number of carbonyl (C=O) groups is 4. The van der Waals surface area contributed by atoms with Gasteiger partial charge in [-0.2, -0.15) is 0 Å². The third-order valence-electron chi connectivity index (χ3n) is 4.85. The van der Waals surface area contributed by atoms with Crippen LogP contribution in [0.1, 0.15) is 32.4 Å². The van der Waals surface area contributed by atoms with Crippen LogP contribution in [0, 0.1) is 5.92 Å². The summed E-state index contributed by atoms with van der Waals surface area (Å²) in [5.74, 6) is -2.82. The number of nitrogens with two attached hydrogens (primary N) is 1. The Kier molecular flexibility index (Phi) is 7.71. The average molecular weight is 408 g/mol. The first-order valence-electron chi connectivity index (χ1n) is 9.54. The highest BCUT2D eigenvalue weighted by Crippen LogP contribution is 2.18. The molecule has 11 nitrogen and oxygen atoms in total. The van der Waals surface area contributed by atoms with Crippen molar-refractivity contribution < 1.29 is 24.3 Å². The number of aromatic nitrogens is 2. The Morgan fingerprint density at radius 1 is 1.38 bits per heavy atom. The Balaban J connectivity index is 1.88. The number of hydrogen-bond donors (Lipinski definition) is 5. The maximum atomic E-state index is 12.5. The van der Waals surface area contributed by atoms with Crippen LogP contribution in [-0.4, -0.2) is 74.9 Å². The summed E-state index contributed by atoms with van der Waals surface area (Å²) < 4.78 is 0. The van der Waals surface area contributed by atoms with Crippen molar-refractivity contribution in [3.8, 4) is 0 Å². The van der Waals surface area contributed by atoms with Crippen molar-refractivity contribution in [2.45, 2.75) is 51.2 Å². The van der Waals surface area contributed by atoms with Gasteiger partial charge in [0.25, 0.3) is 0 Å². The number of hydrogen-bond acceptors (Lipinski definition) is 6. The van der Waals surface area contributed by atoms with Gasteiger partial charge in [-0.15, -0.1) is 0 Å². The molecule has 0 saturated carbocycles. The fourth-order valence-electron chi connectivity index (χ4n) is 3.22. The minimum atomic E-state index is -1.12. The Bertz CT molecular complexity index is 735. The quantitative estimate of drug-likeness (QED) is 0.335. The molecule has 1 saturated heterocycles. The van der Waals surface area contributed by atoms with Crippen LogP contribution in [-0.2, 0) is 25.6 Å². The lowest BCUT2D eigenvalue weighted by molar-refractivity contribution is -0.145. The number of carboxylic acid groups (broad SMARTS) is 1. The van der Waals surface area contributed by atoms with Gasteiger partial charge in [-0.3, -0.25) is 14.4 Å². The minimum absolute atomic E-state index is 0.251. The van der Waals surface area contributed by atoms with E-state index in [1.54, 1.807) is 20.0 Å². The van der Waals surface area contributed by atoms with E-state index in [0.29, 0.717) is 25.1 Å². The highest BCUT2D eigenvalue weighted by molar-refractivity contribution is 5.93. The lowest BCUT2D eigenvalue weighted by Gasteiger charge is -2.26. The highest BCUT2D eigenvalue weighted by Gasteiger charge is 2.36. The van der Waals surface area contributed by atoms with Crippen molar-refractivity contribution in [1.82, 2.24) is 25.5 Å². The number of nitrogens with one attached hydrogen (secondary N) is 3. The average Bonchev–Trinajstić information content (AvgIpc) is 3.34. The Morgan fingerprint density at radius 3 is 2.69 bits per heavy atom. The number of rotatable bonds is 9. The third-order valence-corrected chi connectivity index (χ3v) is 4.85. The summed E-state index contributed by atoms with van der Waals surface area (Å²) in [5.41, 5.74) is 6.53. The zero-order chi connectivity index (χ0) is 21.6. The van der Waals surface area contributed by atoms with E-state index in [-0.39, 0.29) is 18.9 Å². The van der Waals surface area contributed by atoms with Crippen LogP contribution in [0.15, 0.2) is 12.5 Å². The number of imidazole rings is 1. The number of amides is 3. The molecule has 0 aliphatic carbocycles. The van der Waals surface area contributed by atoms with Gasteiger partial charge in [0.15, 0.2) is 0 Å². The van der Waals surface area contributed by atoms with Gasteiger partial charge in [0.1, 0.15) is 12.1 Å². The second-order valence-electron chi connectivity index (χ2n) is 7.42. The second kappa shape index (κ2) is 10.0. The van der Waals surface area contributed by atoms with Gasteiger partial charge in [-0.05, 0) is 18.8 Å². The molecule has 1 aliphatic rings. The molecule has 0 spiro atoms. The van der Waals surface area contributed by atoms with Crippen LogP contribution >= 0.6 is 0 Å². The predicted molar refractivity (Wildman–Crippen MR) is 102 cm³/mol. The van der Waals surface area contributed by atoms with Gasteiger partial charge in [-0.1, -0.05) is 13.8 Å². The first-order chi connectivity index (χ1) is 13.7. The van der Waals surface area contributed by atoms with Gasteiger partial charge >= 0.3 is 5.97 Å². The molecule has 1 fully saturated rings. The molecule has 0 aromatic carbocycles. The van der Waals surface area contributed by atoms with Crippen LogP contribution in [0.2, 0.25) is 0 Å². The van der Waals surface area contributed by atoms with Crippen molar-refractivity contribution in [2.24, 2.45) is 11.7 Å². The molecule has 29 heavy (non-hydrogen) atoms. The number of carbonyl (C=O) groups excluding carboxylic acids is 3. The molecule has 1 aromatic rings. The topological polar surface area (TPSA) is 171 Å². The van der Waals surface area contributed by atoms with Gasteiger partial charge in [-0.25, -0.2) is 9.78 Å². The minimum Gasteiger partial charge on any atom is -0.480 e. The van der Waals surface area contributed by atoms with E-state index in [1.807, 2.05) is 0 Å². The lowest BCUT2D eigenvalue weighted by atomic mass is 10.0. The number of nitrogens with zero attached hydrogens (tertiary/aromatic N) is 2. The molecule has 2 rings (SSSR count). The SMILES string of the molecule is CC(C)C(NC(=O)C1CCCN1C(=O)CNC(=O)C(N)Cc1cnc[nH]1)C(=O)O. The zero-order valence-corrected chi connectivity index (χ0v) is 16.6. The normalized spacial score (nSPS) is 18.3. The van der Waals surface area contributed by atoms with Crippen LogP contribution in [0.4, 0.5) is 0 Å². The Morgan fingerprint density at radius 2 is 2.10 bits per heavy atom. The summed E-state index contributed by atoms with van der Waals surface area (Å²) >= 11 is 0. The van der Waals surface area contributed by atoms with Crippen LogP contribution in [0.25, 0.3) is 0 Å². The standard InChI is InChI=1S/C18H28N6O5/c1-10(2)15(18(28)29)23-17(27)13-4-3-5-24(13)14(25)8-21-16(26)12(19)6-11-7-20-9-22-11/h7,9-10,12-13,15H,3-6,8,19H2,1-2H3,(H,20,22)(H,21,26)(H,23,27)(H,28,29). The summed E-state index contributed by atoms with van der Waals surface area (Å²) in [6.45, 7) is 3.47. The number of carboxylic acids is 1. The van der Waals surface area contributed by atoms with Crippen molar-refractivity contribution >= 4 is 23.7 Å². The lowest BCUT2D eigenvalue weighted by Crippen LogP contribution is -2.54. The predicted octanol–water partition coefficient (Wildman–Crippen LogP) is -1.39. The molecular formula is C18H28N6O5. The number of H-pyrrole nitrogens is 1. The van der Waals surface area contributed by atoms with Crippen molar-refractivity contribution in [3.05, 3.63) is 18.2 Å². The first kappa shape index (κ1) is 22.3. The number of likely N-dealkylation sites (tertiary alicyclic amines) is 1. The van der Waals surface area contributed by atoms with Crippen LogP contribution < -0.4 is 16.4 Å². The molecule has 1 aromatic heterocycles. The molecular weight excluding hydrogens is 380 g/mol. The maximum Gasteiger partial charge on any atom is 0.326 e. The van der Waals surface area contributed by atoms with E-state index in [4.69, 9.17) is 5.73 Å². The molecule has 1 aliphatic heterocycles. The molecule has 6 N–H and O–H groups in total. The van der Waals surface area contributed by atoms with Gasteiger partial charge in [0, 0.05) is 24.9 Å². The second-order valence-corrected chi connectivity index (χ2v) is 7.42. The largest absolute Gasteiger partial charge is 0.480 e. The number of aliphatic carboxylic acids is 1. The van der Waals surface area contributed by atoms with Crippen LogP contribution in [0.5, 0.6) is 0 Å². The van der Waals surface area contributed by atoms with E-state index >= 15 is 0 Å². The van der Waals surface area contributed by atoms with Crippen molar-refractivity contribution in [1.29, 1.82) is 0 Å². The summed E-state index contributed by atoms with van der Waals surface area (Å²) in [5, 5.41) is 14.2. The molecule has 3 amide bonds. The van der Waals surface area contributed by atoms with E-state index in [2.05, 4.69) is 20.6 Å². The zero-order valence-electron chi connectivity index (χ0n) is 16.6. The molecule has 0 radical (unpaired) electrons. The molecule has 2 heterocycles. The maximum absolute atomic E-state index is 12.5. The third kappa shape index (κ3) is 6.01. The van der Waals surface area contributed by atoms with Gasteiger partial charge in [0.2, 0.25) is 17.7 Å². The molecule has 11 heteroatoms. The molecule has 3 unspecified atom stereocenters. The Labute approximate surface area is 168 Å². The summed E-state index contributed by atoms with van der Waals surface area (Å²) in [6, 6.07) is -2.62. The summed E-state index contributed by atoms with van der Waals surface area (Å²) in [7, 11) is 0. The molecule has 0 bridgehead atoms. The smallest absolute Gasteiger partial charge is 0.326 e. The van der Waals surface area contributed by atoms with E-state index in [1.165, 1.54) is 11.2 Å². The van der Waals surface area contributed by atoms with Crippen molar-refractivity contribution in [3.63, 3.8) is 0 Å². The van der Waals surface area contributed by atoms with Crippen LogP contribution in [0.3, 0.4) is 0 Å². The first-order valence-corrected chi connectivity index (χ1v) is 9.54. The molecule has 3 atom stereocenters. The monoisotopic (exact) mass is 408 g/mol. The number of aromatic amines is 1. The Hall–Kier alpha value is -2.95. The fraction of sp³-hybridized carbons (Fsp3) is 0.611. The highest BCUT2D eigenvalue weighted by atomic mass is 16.4. The van der Waals surface area contributed by atoms with E-state index in [0.717, 1.165) is 0 Å². The van der Waals surface area contributed by atoms with E-state index < -0.39 is 41.8 Å². The van der Waals surface area contributed by atoms with Crippen molar-refractivity contribution in [2.75, 3.05) is 13.1 Å². The van der Waals surface area contributed by atoms with Gasteiger partial charge in [0.05, 0.1) is 18.9 Å². The fourth-order valence-corrected chi connectivity index (χ4v) is 3.22. The molecule has 160 valence electrons. The van der Waals surface area contributed by atoms with E-state index in [9.17, 15) is 24.3 Å². The van der Waals surface area contributed by atoms with Gasteiger partial charge < -0.3 is 31.4 Å².